The molecule has 1 aromatic carbocycles. The van der Waals surface area contributed by atoms with Crippen LogP contribution in [0.1, 0.15) is 37.1 Å². The van der Waals surface area contributed by atoms with Gasteiger partial charge in [0.2, 0.25) is 0 Å². The van der Waals surface area contributed by atoms with Crippen molar-refractivity contribution in [2.24, 2.45) is 5.92 Å². The normalized spacial score (nSPS) is 18.2. The molecule has 2 aromatic heterocycles. The molecular formula is C20H20ClFN4. The quantitative estimate of drug-likeness (QED) is 0.688. The van der Waals surface area contributed by atoms with Gasteiger partial charge in [-0.25, -0.2) is 4.39 Å². The van der Waals surface area contributed by atoms with Crippen LogP contribution in [-0.4, -0.2) is 21.1 Å². The van der Waals surface area contributed by atoms with Gasteiger partial charge in [-0.05, 0) is 55.4 Å². The first kappa shape index (κ1) is 16.1. The number of halogens is 2. The average molecular weight is 371 g/mol. The van der Waals surface area contributed by atoms with Crippen molar-refractivity contribution in [3.63, 3.8) is 0 Å². The predicted octanol–water partition coefficient (Wildman–Crippen LogP) is 4.62. The molecule has 1 N–H and O–H groups in total. The molecule has 2 saturated carbocycles. The second kappa shape index (κ2) is 5.95. The molecule has 0 bridgehead atoms. The van der Waals surface area contributed by atoms with Crippen LogP contribution in [0.4, 0.5) is 10.1 Å². The Morgan fingerprint density at radius 2 is 1.92 bits per heavy atom. The highest BCUT2D eigenvalue weighted by atomic mass is 35.5. The molecule has 6 heteroatoms. The largest absolute Gasteiger partial charge is 0.383 e. The third-order valence-electron chi connectivity index (χ3n) is 5.69. The smallest absolute Gasteiger partial charge is 0.181 e. The third kappa shape index (κ3) is 2.84. The van der Waals surface area contributed by atoms with Crippen LogP contribution in [0, 0.1) is 11.7 Å². The van der Waals surface area contributed by atoms with Crippen molar-refractivity contribution in [1.29, 1.82) is 0 Å². The predicted molar refractivity (Wildman–Crippen MR) is 100 cm³/mol. The van der Waals surface area contributed by atoms with Gasteiger partial charge in [0.25, 0.3) is 0 Å². The van der Waals surface area contributed by atoms with E-state index in [1.165, 1.54) is 30.5 Å². The number of rotatable bonds is 6. The highest BCUT2D eigenvalue weighted by Gasteiger charge is 2.44. The molecule has 2 aliphatic rings. The molecule has 0 spiro atoms. The van der Waals surface area contributed by atoms with Crippen LogP contribution in [-0.2, 0) is 11.8 Å². The third-order valence-corrected chi connectivity index (χ3v) is 6.06. The Morgan fingerprint density at radius 3 is 2.62 bits per heavy atom. The maximum absolute atomic E-state index is 13.2. The molecule has 2 aliphatic carbocycles. The van der Waals surface area contributed by atoms with E-state index in [1.54, 1.807) is 0 Å². The van der Waals surface area contributed by atoms with E-state index >= 15 is 0 Å². The van der Waals surface area contributed by atoms with Crippen LogP contribution in [0.3, 0.4) is 0 Å². The second-order valence-electron chi connectivity index (χ2n) is 7.64. The van der Waals surface area contributed by atoms with Gasteiger partial charge in [-0.1, -0.05) is 23.7 Å². The number of nitrogens with one attached hydrogen (secondary N) is 1. The van der Waals surface area contributed by atoms with E-state index in [4.69, 9.17) is 11.6 Å². The summed E-state index contributed by atoms with van der Waals surface area (Å²) in [4.78, 5) is 0. The summed E-state index contributed by atoms with van der Waals surface area (Å²) in [6, 6.07) is 8.84. The first-order valence-corrected chi connectivity index (χ1v) is 9.54. The molecule has 0 atom stereocenters. The molecule has 0 aliphatic heterocycles. The molecule has 0 saturated heterocycles. The summed E-state index contributed by atoms with van der Waals surface area (Å²) in [5.41, 5.74) is 2.84. The molecule has 2 fully saturated rings. The molecular weight excluding hydrogens is 351 g/mol. The zero-order valence-corrected chi connectivity index (χ0v) is 15.1. The van der Waals surface area contributed by atoms with Gasteiger partial charge in [-0.3, -0.25) is 4.40 Å². The van der Waals surface area contributed by atoms with E-state index in [9.17, 15) is 4.39 Å². The number of nitrogens with zero attached hydrogens (tertiary/aromatic N) is 3. The molecule has 0 radical (unpaired) electrons. The maximum Gasteiger partial charge on any atom is 0.181 e. The minimum absolute atomic E-state index is 0.0773. The summed E-state index contributed by atoms with van der Waals surface area (Å²) >= 11 is 6.59. The van der Waals surface area contributed by atoms with E-state index in [-0.39, 0.29) is 11.2 Å². The molecule has 26 heavy (non-hydrogen) atoms. The Morgan fingerprint density at radius 1 is 1.15 bits per heavy atom. The summed E-state index contributed by atoms with van der Waals surface area (Å²) in [5, 5.41) is 12.7. The van der Waals surface area contributed by atoms with E-state index in [0.29, 0.717) is 10.7 Å². The van der Waals surface area contributed by atoms with Gasteiger partial charge in [-0.15, -0.1) is 10.2 Å². The number of pyridine rings is 1. The number of aromatic nitrogens is 3. The lowest BCUT2D eigenvalue weighted by Crippen LogP contribution is -2.20. The summed E-state index contributed by atoms with van der Waals surface area (Å²) < 4.78 is 15.2. The van der Waals surface area contributed by atoms with Gasteiger partial charge in [-0.2, -0.15) is 0 Å². The molecule has 134 valence electrons. The number of benzene rings is 1. The van der Waals surface area contributed by atoms with Crippen molar-refractivity contribution >= 4 is 22.9 Å². The SMILES string of the molecule is Fc1ccc(C2(CNc3ccn4c(CC5CC5)nnc4c3Cl)CC2)cc1. The van der Waals surface area contributed by atoms with Gasteiger partial charge in [0.05, 0.1) is 5.69 Å². The van der Waals surface area contributed by atoms with Gasteiger partial charge in [0.1, 0.15) is 16.7 Å². The van der Waals surface area contributed by atoms with Crippen molar-refractivity contribution in [1.82, 2.24) is 14.6 Å². The zero-order valence-electron chi connectivity index (χ0n) is 14.4. The minimum atomic E-state index is -0.195. The molecule has 3 aromatic rings. The van der Waals surface area contributed by atoms with Crippen molar-refractivity contribution < 1.29 is 4.39 Å². The van der Waals surface area contributed by atoms with Crippen LogP contribution in [0.2, 0.25) is 5.02 Å². The Bertz CT molecular complexity index is 958. The molecule has 2 heterocycles. The van der Waals surface area contributed by atoms with Crippen molar-refractivity contribution in [3.05, 3.63) is 58.8 Å². The Kier molecular flexibility index (Phi) is 3.67. The van der Waals surface area contributed by atoms with Crippen LogP contribution in [0.5, 0.6) is 0 Å². The minimum Gasteiger partial charge on any atom is -0.383 e. The Labute approximate surface area is 156 Å². The fourth-order valence-corrected chi connectivity index (χ4v) is 3.87. The zero-order chi connectivity index (χ0) is 17.7. The lowest BCUT2D eigenvalue weighted by Gasteiger charge is -2.18. The standard InChI is InChI=1S/C20H20ClFN4/c21-18-16(7-10-26-17(11-13-1-2-13)24-25-19(18)26)23-12-20(8-9-20)14-3-5-15(22)6-4-14/h3-7,10,13,23H,1-2,8-9,11-12H2. The first-order chi connectivity index (χ1) is 12.6. The second-order valence-corrected chi connectivity index (χ2v) is 8.02. The molecule has 4 nitrogen and oxygen atoms in total. The van der Waals surface area contributed by atoms with Crippen molar-refractivity contribution in [3.8, 4) is 0 Å². The van der Waals surface area contributed by atoms with Gasteiger partial charge in [0, 0.05) is 24.6 Å². The van der Waals surface area contributed by atoms with E-state index in [1.807, 2.05) is 28.8 Å². The summed E-state index contributed by atoms with van der Waals surface area (Å²) in [6.07, 6.45) is 7.74. The number of anilines is 1. The van der Waals surface area contributed by atoms with Crippen LogP contribution in [0.25, 0.3) is 5.65 Å². The molecule has 0 unspecified atom stereocenters. The van der Waals surface area contributed by atoms with Crippen LogP contribution in [0.15, 0.2) is 36.5 Å². The molecule has 5 rings (SSSR count). The Hall–Kier alpha value is -2.14. The van der Waals surface area contributed by atoms with Gasteiger partial charge >= 0.3 is 0 Å². The monoisotopic (exact) mass is 370 g/mol. The lowest BCUT2D eigenvalue weighted by atomic mass is 9.96. The van der Waals surface area contributed by atoms with E-state index < -0.39 is 0 Å². The highest BCUT2D eigenvalue weighted by Crippen LogP contribution is 2.48. The lowest BCUT2D eigenvalue weighted by molar-refractivity contribution is 0.624. The van der Waals surface area contributed by atoms with Crippen LogP contribution < -0.4 is 5.32 Å². The van der Waals surface area contributed by atoms with E-state index in [2.05, 4.69) is 15.5 Å². The number of hydrogen-bond donors (Lipinski definition) is 1. The summed E-state index contributed by atoms with van der Waals surface area (Å²) in [7, 11) is 0. The average Bonchev–Trinajstić information content (AvgIpc) is 3.55. The van der Waals surface area contributed by atoms with Crippen molar-refractivity contribution in [2.45, 2.75) is 37.5 Å². The number of fused-ring (bicyclic) bond motifs is 1. The highest BCUT2D eigenvalue weighted by molar-refractivity contribution is 6.36. The maximum atomic E-state index is 13.2. The fraction of sp³-hybridized carbons (Fsp3) is 0.400. The fourth-order valence-electron chi connectivity index (χ4n) is 3.61. The topological polar surface area (TPSA) is 42.2 Å². The first-order valence-electron chi connectivity index (χ1n) is 9.17. The van der Waals surface area contributed by atoms with Crippen LogP contribution >= 0.6 is 11.6 Å². The Balaban J connectivity index is 1.36. The van der Waals surface area contributed by atoms with E-state index in [0.717, 1.165) is 43.2 Å². The van der Waals surface area contributed by atoms with Gasteiger partial charge < -0.3 is 5.32 Å². The summed E-state index contributed by atoms with van der Waals surface area (Å²) in [6.45, 7) is 0.775. The van der Waals surface area contributed by atoms with Crippen molar-refractivity contribution in [2.75, 3.05) is 11.9 Å². The number of hydrogen-bond acceptors (Lipinski definition) is 3. The summed E-state index contributed by atoms with van der Waals surface area (Å²) in [5.74, 6) is 1.55. The molecule has 0 amide bonds. The van der Waals surface area contributed by atoms with Gasteiger partial charge in [0.15, 0.2) is 5.65 Å².